The topological polar surface area (TPSA) is 43.1 Å². The second-order valence-electron chi connectivity index (χ2n) is 4.82. The van der Waals surface area contributed by atoms with Crippen LogP contribution in [0.4, 0.5) is 5.69 Å². The van der Waals surface area contributed by atoms with Crippen molar-refractivity contribution in [3.63, 3.8) is 0 Å². The van der Waals surface area contributed by atoms with Crippen LogP contribution in [-0.4, -0.2) is 9.75 Å². The van der Waals surface area contributed by atoms with E-state index in [9.17, 15) is 10.1 Å². The van der Waals surface area contributed by atoms with Gasteiger partial charge in [0.1, 0.15) is 0 Å². The van der Waals surface area contributed by atoms with Gasteiger partial charge in [0.2, 0.25) is 0 Å². The minimum Gasteiger partial charge on any atom is -0.258 e. The molecule has 0 fully saturated rings. The lowest BCUT2D eigenvalue weighted by Crippen LogP contribution is -2.20. The van der Waals surface area contributed by atoms with Crippen LogP contribution in [0.15, 0.2) is 22.7 Å². The van der Waals surface area contributed by atoms with Crippen molar-refractivity contribution >= 4 is 37.5 Å². The zero-order valence-corrected chi connectivity index (χ0v) is 13.9. The number of rotatable bonds is 5. The summed E-state index contributed by atoms with van der Waals surface area (Å²) < 4.78 is 0.742. The third kappa shape index (κ3) is 4.05. The van der Waals surface area contributed by atoms with Gasteiger partial charge >= 0.3 is 0 Å². The number of benzene rings is 1. The number of hydrogen-bond acceptors (Lipinski definition) is 2. The molecule has 0 radical (unpaired) electrons. The highest BCUT2D eigenvalue weighted by atomic mass is 79.9. The smallest absolute Gasteiger partial charge is 0.258 e. The van der Waals surface area contributed by atoms with E-state index in [2.05, 4.69) is 52.6 Å². The van der Waals surface area contributed by atoms with Gasteiger partial charge < -0.3 is 0 Å². The molecule has 0 aliphatic carbocycles. The SMILES string of the molecule is CC(C)C(Cc1ccc(Br)cc1[N+](=O)[O-])C(C)Br. The fraction of sp³-hybridized carbons (Fsp3) is 0.538. The van der Waals surface area contributed by atoms with E-state index in [4.69, 9.17) is 0 Å². The Morgan fingerprint density at radius 1 is 1.33 bits per heavy atom. The quantitative estimate of drug-likeness (QED) is 0.413. The second kappa shape index (κ2) is 6.66. The molecule has 0 saturated carbocycles. The number of alkyl halides is 1. The van der Waals surface area contributed by atoms with Crippen molar-refractivity contribution in [1.82, 2.24) is 0 Å². The Morgan fingerprint density at radius 3 is 2.39 bits per heavy atom. The molecule has 0 spiro atoms. The van der Waals surface area contributed by atoms with Crippen LogP contribution in [0.2, 0.25) is 0 Å². The highest BCUT2D eigenvalue weighted by Crippen LogP contribution is 2.31. The molecule has 0 aliphatic heterocycles. The lowest BCUT2D eigenvalue weighted by molar-refractivity contribution is -0.385. The van der Waals surface area contributed by atoms with E-state index in [0.29, 0.717) is 23.1 Å². The summed E-state index contributed by atoms with van der Waals surface area (Å²) in [6.07, 6.45) is 0.716. The Labute approximate surface area is 124 Å². The molecule has 0 amide bonds. The van der Waals surface area contributed by atoms with Crippen molar-refractivity contribution in [3.8, 4) is 0 Å². The molecular weight excluding hydrogens is 362 g/mol. The van der Waals surface area contributed by atoms with Crippen molar-refractivity contribution in [2.75, 3.05) is 0 Å². The maximum absolute atomic E-state index is 11.1. The van der Waals surface area contributed by atoms with Crippen LogP contribution >= 0.6 is 31.9 Å². The van der Waals surface area contributed by atoms with Crippen LogP contribution in [0.25, 0.3) is 0 Å². The van der Waals surface area contributed by atoms with E-state index in [1.165, 1.54) is 0 Å². The van der Waals surface area contributed by atoms with E-state index in [-0.39, 0.29) is 10.6 Å². The average molecular weight is 379 g/mol. The summed E-state index contributed by atoms with van der Waals surface area (Å²) in [6.45, 7) is 6.38. The van der Waals surface area contributed by atoms with Gasteiger partial charge in [-0.05, 0) is 24.3 Å². The number of nitro benzene ring substituents is 1. The molecule has 0 aromatic heterocycles. The molecule has 1 aromatic rings. The zero-order chi connectivity index (χ0) is 13.9. The normalized spacial score (nSPS) is 14.6. The molecule has 0 N–H and O–H groups in total. The van der Waals surface area contributed by atoms with Crippen LogP contribution in [0, 0.1) is 22.0 Å². The fourth-order valence-electron chi connectivity index (χ4n) is 2.06. The minimum absolute atomic E-state index is 0.197. The summed E-state index contributed by atoms with van der Waals surface area (Å²) in [5, 5.41) is 11.1. The summed E-state index contributed by atoms with van der Waals surface area (Å²) in [7, 11) is 0. The maximum atomic E-state index is 11.1. The summed E-state index contributed by atoms with van der Waals surface area (Å²) in [4.78, 5) is 11.1. The van der Waals surface area contributed by atoms with Gasteiger partial charge in [-0.2, -0.15) is 0 Å². The van der Waals surface area contributed by atoms with Crippen LogP contribution in [-0.2, 0) is 6.42 Å². The molecule has 0 bridgehead atoms. The van der Waals surface area contributed by atoms with E-state index in [1.807, 2.05) is 12.1 Å². The van der Waals surface area contributed by atoms with Crippen molar-refractivity contribution in [2.45, 2.75) is 32.0 Å². The van der Waals surface area contributed by atoms with E-state index < -0.39 is 0 Å². The molecule has 5 heteroatoms. The standard InChI is InChI=1S/C13H17Br2NO2/c1-8(2)12(9(3)14)6-10-4-5-11(15)7-13(10)16(17)18/h4-5,7-9,12H,6H2,1-3H3. The van der Waals surface area contributed by atoms with Gasteiger partial charge in [-0.3, -0.25) is 10.1 Å². The summed E-state index contributed by atoms with van der Waals surface area (Å²) in [5.74, 6) is 0.854. The molecule has 2 atom stereocenters. The number of nitrogens with zero attached hydrogens (tertiary/aromatic N) is 1. The van der Waals surface area contributed by atoms with Gasteiger partial charge in [0.05, 0.1) is 4.92 Å². The summed E-state index contributed by atoms with van der Waals surface area (Å²) in [5.41, 5.74) is 0.997. The first-order valence-corrected chi connectivity index (χ1v) is 7.60. The predicted molar refractivity (Wildman–Crippen MR) is 81.2 cm³/mol. The Balaban J connectivity index is 3.06. The summed E-state index contributed by atoms with van der Waals surface area (Å²) in [6, 6.07) is 5.28. The zero-order valence-electron chi connectivity index (χ0n) is 10.7. The Hall–Kier alpha value is -0.420. The third-order valence-electron chi connectivity index (χ3n) is 3.15. The molecule has 1 aromatic carbocycles. The first-order valence-electron chi connectivity index (χ1n) is 5.89. The third-order valence-corrected chi connectivity index (χ3v) is 4.32. The lowest BCUT2D eigenvalue weighted by Gasteiger charge is -2.23. The maximum Gasteiger partial charge on any atom is 0.273 e. The average Bonchev–Trinajstić information content (AvgIpc) is 2.25. The Bertz CT molecular complexity index is 425. The minimum atomic E-state index is -0.309. The lowest BCUT2D eigenvalue weighted by atomic mass is 9.86. The second-order valence-corrected chi connectivity index (χ2v) is 7.18. The van der Waals surface area contributed by atoms with Gasteiger partial charge in [0.25, 0.3) is 5.69 Å². The van der Waals surface area contributed by atoms with Crippen LogP contribution in [0.1, 0.15) is 26.3 Å². The molecule has 18 heavy (non-hydrogen) atoms. The Morgan fingerprint density at radius 2 is 1.94 bits per heavy atom. The molecule has 3 nitrogen and oxygen atoms in total. The molecule has 0 heterocycles. The van der Waals surface area contributed by atoms with Gasteiger partial charge in [0, 0.05) is 20.9 Å². The van der Waals surface area contributed by atoms with Gasteiger partial charge in [0.15, 0.2) is 0 Å². The monoisotopic (exact) mass is 377 g/mol. The first-order chi connectivity index (χ1) is 8.32. The highest BCUT2D eigenvalue weighted by Gasteiger charge is 2.23. The van der Waals surface area contributed by atoms with Crippen molar-refractivity contribution in [2.24, 2.45) is 11.8 Å². The van der Waals surface area contributed by atoms with Crippen molar-refractivity contribution in [3.05, 3.63) is 38.3 Å². The van der Waals surface area contributed by atoms with Crippen LogP contribution < -0.4 is 0 Å². The van der Waals surface area contributed by atoms with E-state index in [0.717, 1.165) is 10.0 Å². The highest BCUT2D eigenvalue weighted by molar-refractivity contribution is 9.10. The van der Waals surface area contributed by atoms with Crippen LogP contribution in [0.3, 0.4) is 0 Å². The Kier molecular flexibility index (Phi) is 5.79. The fourth-order valence-corrected chi connectivity index (χ4v) is 3.21. The van der Waals surface area contributed by atoms with Gasteiger partial charge in [-0.1, -0.05) is 58.7 Å². The molecule has 100 valence electrons. The number of hydrogen-bond donors (Lipinski definition) is 0. The van der Waals surface area contributed by atoms with Crippen molar-refractivity contribution in [1.29, 1.82) is 0 Å². The first kappa shape index (κ1) is 15.6. The van der Waals surface area contributed by atoms with Crippen LogP contribution in [0.5, 0.6) is 0 Å². The largest absolute Gasteiger partial charge is 0.273 e. The molecular formula is C13H17Br2NO2. The summed E-state index contributed by atoms with van der Waals surface area (Å²) >= 11 is 6.87. The van der Waals surface area contributed by atoms with E-state index in [1.54, 1.807) is 6.07 Å². The van der Waals surface area contributed by atoms with Gasteiger partial charge in [-0.15, -0.1) is 0 Å². The number of halogens is 2. The predicted octanol–water partition coefficient (Wildman–Crippen LogP) is 4.96. The number of nitro groups is 1. The molecule has 2 unspecified atom stereocenters. The van der Waals surface area contributed by atoms with Crippen molar-refractivity contribution < 1.29 is 4.92 Å². The molecule has 0 saturated heterocycles. The van der Waals surface area contributed by atoms with E-state index >= 15 is 0 Å². The molecule has 0 aliphatic rings. The van der Waals surface area contributed by atoms with Gasteiger partial charge in [-0.25, -0.2) is 0 Å². The molecule has 1 rings (SSSR count).